The smallest absolute Gasteiger partial charge is 0.239 e. The molecule has 0 aliphatic rings. The number of anilines is 1. The van der Waals surface area contributed by atoms with E-state index in [-0.39, 0.29) is 19.1 Å². The highest BCUT2D eigenvalue weighted by Gasteiger charge is 2.12. The topological polar surface area (TPSA) is 70.4 Å². The lowest BCUT2D eigenvalue weighted by atomic mass is 10.2. The van der Waals surface area contributed by atoms with Gasteiger partial charge in [0.15, 0.2) is 0 Å². The van der Waals surface area contributed by atoms with Gasteiger partial charge in [0.1, 0.15) is 5.82 Å². The van der Waals surface area contributed by atoms with Gasteiger partial charge in [-0.05, 0) is 11.6 Å². The van der Waals surface area contributed by atoms with Crippen LogP contribution in [0.2, 0.25) is 5.02 Å². The fourth-order valence-electron chi connectivity index (χ4n) is 2.30. The molecule has 0 bridgehead atoms. The molecule has 1 amide bonds. The molecule has 128 valence electrons. The number of nitrogens with zero attached hydrogens (tertiary/aromatic N) is 3. The van der Waals surface area contributed by atoms with E-state index in [4.69, 9.17) is 16.7 Å². The number of aliphatic hydroxyl groups is 1. The molecule has 1 heterocycles. The van der Waals surface area contributed by atoms with E-state index in [0.29, 0.717) is 30.5 Å². The summed E-state index contributed by atoms with van der Waals surface area (Å²) in [6, 6.07) is 9.25. The minimum Gasteiger partial charge on any atom is -0.395 e. The second kappa shape index (κ2) is 9.22. The SMILES string of the molecule is C=CCN(CCO)CC(=O)Nc1ccnn1Cc1ccccc1Cl. The maximum absolute atomic E-state index is 12.2. The average Bonchev–Trinajstić information content (AvgIpc) is 2.97. The van der Waals surface area contributed by atoms with Gasteiger partial charge < -0.3 is 10.4 Å². The number of carbonyl (C=O) groups excluding carboxylic acids is 1. The standard InChI is InChI=1S/C17H21ClN4O2/c1-2-9-21(10-11-23)13-17(24)20-16-7-8-19-22(16)12-14-5-3-4-6-15(14)18/h2-8,23H,1,9-13H2,(H,20,24). The van der Waals surface area contributed by atoms with Crippen LogP contribution < -0.4 is 5.32 Å². The summed E-state index contributed by atoms with van der Waals surface area (Å²) < 4.78 is 1.68. The summed E-state index contributed by atoms with van der Waals surface area (Å²) in [6.07, 6.45) is 3.33. The number of hydrogen-bond acceptors (Lipinski definition) is 4. The zero-order valence-corrected chi connectivity index (χ0v) is 14.1. The van der Waals surface area contributed by atoms with Crippen molar-refractivity contribution in [2.75, 3.05) is 31.6 Å². The first-order chi connectivity index (χ1) is 11.6. The number of amides is 1. The third-order valence-corrected chi connectivity index (χ3v) is 3.80. The molecule has 2 rings (SSSR count). The van der Waals surface area contributed by atoms with Crippen LogP contribution in [0.3, 0.4) is 0 Å². The van der Waals surface area contributed by atoms with Crippen LogP contribution in [-0.4, -0.2) is 51.9 Å². The van der Waals surface area contributed by atoms with Crippen LogP contribution in [0.5, 0.6) is 0 Å². The van der Waals surface area contributed by atoms with Gasteiger partial charge in [-0.3, -0.25) is 9.69 Å². The summed E-state index contributed by atoms with van der Waals surface area (Å²) in [4.78, 5) is 14.0. The van der Waals surface area contributed by atoms with Crippen LogP contribution in [0, 0.1) is 0 Å². The van der Waals surface area contributed by atoms with E-state index in [1.807, 2.05) is 24.3 Å². The minimum atomic E-state index is -0.175. The zero-order valence-electron chi connectivity index (χ0n) is 13.4. The predicted molar refractivity (Wildman–Crippen MR) is 95.1 cm³/mol. The minimum absolute atomic E-state index is 0.00837. The number of halogens is 1. The van der Waals surface area contributed by atoms with Crippen LogP contribution in [-0.2, 0) is 11.3 Å². The molecule has 0 radical (unpaired) electrons. The van der Waals surface area contributed by atoms with Crippen LogP contribution in [0.1, 0.15) is 5.56 Å². The van der Waals surface area contributed by atoms with E-state index in [0.717, 1.165) is 5.56 Å². The molecule has 24 heavy (non-hydrogen) atoms. The Morgan fingerprint density at radius 1 is 1.42 bits per heavy atom. The van der Waals surface area contributed by atoms with Gasteiger partial charge in [0.05, 0.1) is 25.9 Å². The Labute approximate surface area is 146 Å². The van der Waals surface area contributed by atoms with Crippen molar-refractivity contribution in [1.29, 1.82) is 0 Å². The summed E-state index contributed by atoms with van der Waals surface area (Å²) in [5, 5.41) is 16.8. The molecule has 1 aromatic heterocycles. The molecule has 2 N–H and O–H groups in total. The first-order valence-electron chi connectivity index (χ1n) is 7.63. The Balaban J connectivity index is 2.01. The van der Waals surface area contributed by atoms with Gasteiger partial charge in [0, 0.05) is 24.2 Å². The summed E-state index contributed by atoms with van der Waals surface area (Å²) in [7, 11) is 0. The van der Waals surface area contributed by atoms with Crippen molar-refractivity contribution in [3.8, 4) is 0 Å². The monoisotopic (exact) mass is 348 g/mol. The van der Waals surface area contributed by atoms with Gasteiger partial charge >= 0.3 is 0 Å². The molecular weight excluding hydrogens is 328 g/mol. The van der Waals surface area contributed by atoms with Gasteiger partial charge in [-0.15, -0.1) is 6.58 Å². The normalized spacial score (nSPS) is 10.8. The zero-order chi connectivity index (χ0) is 17.4. The fraction of sp³-hybridized carbons (Fsp3) is 0.294. The Kier molecular flexibility index (Phi) is 6.99. The van der Waals surface area contributed by atoms with Gasteiger partial charge in [-0.2, -0.15) is 5.10 Å². The first kappa shape index (κ1) is 18.2. The van der Waals surface area contributed by atoms with Gasteiger partial charge in [-0.1, -0.05) is 35.9 Å². The van der Waals surface area contributed by atoms with E-state index < -0.39 is 0 Å². The lowest BCUT2D eigenvalue weighted by Gasteiger charge is -2.19. The van der Waals surface area contributed by atoms with Crippen LogP contribution in [0.15, 0.2) is 49.2 Å². The first-order valence-corrected chi connectivity index (χ1v) is 8.01. The Morgan fingerprint density at radius 2 is 2.21 bits per heavy atom. The van der Waals surface area contributed by atoms with Crippen molar-refractivity contribution in [3.05, 3.63) is 59.8 Å². The molecule has 0 spiro atoms. The van der Waals surface area contributed by atoms with Gasteiger partial charge in [0.2, 0.25) is 5.91 Å². The number of carbonyl (C=O) groups is 1. The molecule has 0 aliphatic carbocycles. The maximum Gasteiger partial charge on any atom is 0.239 e. The molecule has 0 aliphatic heterocycles. The molecular formula is C17H21ClN4O2. The summed E-state index contributed by atoms with van der Waals surface area (Å²) >= 11 is 6.17. The molecule has 0 saturated carbocycles. The van der Waals surface area contributed by atoms with Crippen molar-refractivity contribution in [1.82, 2.24) is 14.7 Å². The molecule has 0 atom stereocenters. The highest BCUT2D eigenvalue weighted by molar-refractivity contribution is 6.31. The predicted octanol–water partition coefficient (Wildman–Crippen LogP) is 2.00. The van der Waals surface area contributed by atoms with Crippen molar-refractivity contribution >= 4 is 23.3 Å². The Bertz CT molecular complexity index is 687. The highest BCUT2D eigenvalue weighted by atomic mass is 35.5. The molecule has 1 aromatic carbocycles. The van der Waals surface area contributed by atoms with Crippen molar-refractivity contribution < 1.29 is 9.90 Å². The molecule has 0 unspecified atom stereocenters. The van der Waals surface area contributed by atoms with Crippen LogP contribution in [0.25, 0.3) is 0 Å². The summed E-state index contributed by atoms with van der Waals surface area (Å²) in [5.41, 5.74) is 0.923. The summed E-state index contributed by atoms with van der Waals surface area (Å²) in [5.74, 6) is 0.425. The third kappa shape index (κ3) is 5.19. The van der Waals surface area contributed by atoms with E-state index in [1.165, 1.54) is 0 Å². The van der Waals surface area contributed by atoms with Crippen LogP contribution in [0.4, 0.5) is 5.82 Å². The van der Waals surface area contributed by atoms with Crippen molar-refractivity contribution in [2.45, 2.75) is 6.54 Å². The van der Waals surface area contributed by atoms with Crippen molar-refractivity contribution in [3.63, 3.8) is 0 Å². The van der Waals surface area contributed by atoms with E-state index >= 15 is 0 Å². The second-order valence-corrected chi connectivity index (χ2v) is 5.67. The molecule has 0 saturated heterocycles. The largest absolute Gasteiger partial charge is 0.395 e. The molecule has 2 aromatic rings. The average molecular weight is 349 g/mol. The van der Waals surface area contributed by atoms with Gasteiger partial charge in [-0.25, -0.2) is 4.68 Å². The second-order valence-electron chi connectivity index (χ2n) is 5.26. The lowest BCUT2D eigenvalue weighted by Crippen LogP contribution is -2.35. The number of nitrogens with one attached hydrogen (secondary N) is 1. The summed E-state index contributed by atoms with van der Waals surface area (Å²) in [6.45, 7) is 5.23. The molecule has 0 fully saturated rings. The number of benzene rings is 1. The van der Waals surface area contributed by atoms with Crippen molar-refractivity contribution in [2.24, 2.45) is 0 Å². The van der Waals surface area contributed by atoms with Gasteiger partial charge in [0.25, 0.3) is 0 Å². The lowest BCUT2D eigenvalue weighted by molar-refractivity contribution is -0.117. The fourth-order valence-corrected chi connectivity index (χ4v) is 2.49. The maximum atomic E-state index is 12.2. The quantitative estimate of drug-likeness (QED) is 0.680. The molecule has 7 heteroatoms. The van der Waals surface area contributed by atoms with E-state index in [9.17, 15) is 4.79 Å². The third-order valence-electron chi connectivity index (χ3n) is 3.43. The van der Waals surface area contributed by atoms with E-state index in [1.54, 1.807) is 27.9 Å². The Morgan fingerprint density at radius 3 is 2.92 bits per heavy atom. The Hall–Kier alpha value is -2.15. The highest BCUT2D eigenvalue weighted by Crippen LogP contribution is 2.18. The number of rotatable bonds is 9. The van der Waals surface area contributed by atoms with E-state index in [2.05, 4.69) is 17.0 Å². The van der Waals surface area contributed by atoms with Crippen LogP contribution >= 0.6 is 11.6 Å². The number of hydrogen-bond donors (Lipinski definition) is 2. The molecule has 6 nitrogen and oxygen atoms in total. The number of aromatic nitrogens is 2. The number of aliphatic hydroxyl groups excluding tert-OH is 1.